The Hall–Kier alpha value is -4.71. The molecule has 47 heavy (non-hydrogen) atoms. The van der Waals surface area contributed by atoms with E-state index >= 15 is 0 Å². The third kappa shape index (κ3) is 14.5. The monoisotopic (exact) mass is 742 g/mol. The third-order valence-corrected chi connectivity index (χ3v) is 6.52. The maximum atomic E-state index is 11.1. The zero-order valence-corrected chi connectivity index (χ0v) is 29.6. The van der Waals surface area contributed by atoms with Crippen molar-refractivity contribution in [3.8, 4) is 22.9 Å². The van der Waals surface area contributed by atoms with Crippen molar-refractivity contribution < 1.29 is 19.4 Å². The van der Waals surface area contributed by atoms with Gasteiger partial charge in [0.2, 0.25) is 11.9 Å². The summed E-state index contributed by atoms with van der Waals surface area (Å²) in [5.41, 5.74) is 8.97. The van der Waals surface area contributed by atoms with Gasteiger partial charge < -0.3 is 30.9 Å². The number of hydrogen-bond donors (Lipinski definition) is 4. The number of aryl methyl sites for hydroxylation is 2. The fourth-order valence-corrected chi connectivity index (χ4v) is 4.19. The molecule has 0 radical (unpaired) electrons. The lowest BCUT2D eigenvalue weighted by atomic mass is 10.3. The van der Waals surface area contributed by atoms with Crippen LogP contribution in [0.2, 0.25) is 0 Å². The summed E-state index contributed by atoms with van der Waals surface area (Å²) in [4.78, 5) is 40.2. The highest BCUT2D eigenvalue weighted by molar-refractivity contribution is 9.09. The smallest absolute Gasteiger partial charge is 0.229 e. The Morgan fingerprint density at radius 1 is 0.894 bits per heavy atom. The van der Waals surface area contributed by atoms with E-state index in [1.165, 1.54) is 11.3 Å². The number of anilines is 3. The maximum Gasteiger partial charge on any atom is 0.229 e. The van der Waals surface area contributed by atoms with Gasteiger partial charge in [0.25, 0.3) is 0 Å². The Morgan fingerprint density at radius 2 is 1.45 bits per heavy atom. The fourth-order valence-electron chi connectivity index (χ4n) is 3.11. The molecule has 0 spiro atoms. The summed E-state index contributed by atoms with van der Waals surface area (Å²) in [6, 6.07) is 10.6. The number of thiazole rings is 1. The summed E-state index contributed by atoms with van der Waals surface area (Å²) < 4.78 is 10.1. The third-order valence-electron chi connectivity index (χ3n) is 5.15. The molecule has 5 aromatic heterocycles. The van der Waals surface area contributed by atoms with Crippen molar-refractivity contribution in [3.63, 3.8) is 0 Å². The van der Waals surface area contributed by atoms with Gasteiger partial charge in [0, 0.05) is 60.3 Å². The van der Waals surface area contributed by atoms with Crippen LogP contribution in [0.15, 0.2) is 66.6 Å². The molecule has 0 unspecified atom stereocenters. The van der Waals surface area contributed by atoms with E-state index in [9.17, 15) is 4.79 Å². The van der Waals surface area contributed by atoms with E-state index in [4.69, 9.17) is 20.3 Å². The molecule has 0 amide bonds. The molecule has 5 rings (SSSR count). The normalized spacial score (nSPS) is 9.60. The number of aromatic nitrogens is 7. The number of thiocarbonyl (C=S) groups is 1. The second kappa shape index (κ2) is 21.2. The van der Waals surface area contributed by atoms with Gasteiger partial charge in [0.15, 0.2) is 16.0 Å². The number of nitrogens with zero attached hydrogens (tertiary/aromatic N) is 7. The van der Waals surface area contributed by atoms with Crippen LogP contribution in [-0.2, 0) is 0 Å². The summed E-state index contributed by atoms with van der Waals surface area (Å²) in [5.74, 6) is 2.33. The summed E-state index contributed by atoms with van der Waals surface area (Å²) in [5, 5.41) is 16.4. The molecule has 5 aromatic rings. The van der Waals surface area contributed by atoms with E-state index in [0.717, 1.165) is 33.7 Å². The number of ketones is 1. The lowest BCUT2D eigenvalue weighted by molar-refractivity contribution is 0.101. The van der Waals surface area contributed by atoms with Crippen LogP contribution in [0.3, 0.4) is 0 Å². The maximum absolute atomic E-state index is 11.1. The minimum atomic E-state index is -0.0473. The zero-order chi connectivity index (χ0) is 34.6. The van der Waals surface area contributed by atoms with Gasteiger partial charge in [-0.1, -0.05) is 15.9 Å². The number of Topliss-reactive ketones (excluding diaryl/α,β-unsaturated/α-hetero) is 1. The Labute approximate surface area is 290 Å². The Balaban J connectivity index is 0.000000253. The van der Waals surface area contributed by atoms with E-state index in [1.807, 2.05) is 31.4 Å². The average Bonchev–Trinajstić information content (AvgIpc) is 3.53. The lowest BCUT2D eigenvalue weighted by Gasteiger charge is -2.01. The summed E-state index contributed by atoms with van der Waals surface area (Å²) in [6.07, 6.45) is 6.60. The number of ether oxygens (including phenoxy) is 2. The van der Waals surface area contributed by atoms with E-state index in [2.05, 4.69) is 73.7 Å². The van der Waals surface area contributed by atoms with Gasteiger partial charge in [-0.15, -0.1) is 11.3 Å². The number of nitrogens with two attached hydrogens (primary N) is 1. The van der Waals surface area contributed by atoms with Crippen LogP contribution in [0.1, 0.15) is 28.8 Å². The molecule has 0 aliphatic rings. The number of pyridine rings is 2. The van der Waals surface area contributed by atoms with Gasteiger partial charge in [-0.05, 0) is 57.3 Å². The zero-order valence-electron chi connectivity index (χ0n) is 26.3. The number of alkyl halides is 1. The summed E-state index contributed by atoms with van der Waals surface area (Å²) in [6.45, 7) is 5.72. The largest absolute Gasteiger partial charge is 0.497 e. The molecule has 0 fully saturated rings. The van der Waals surface area contributed by atoms with Gasteiger partial charge in [-0.25, -0.2) is 24.9 Å². The molecule has 0 bridgehead atoms. The number of carbonyl (C=O) groups is 1. The minimum Gasteiger partial charge on any atom is -0.497 e. The number of aliphatic hydroxyl groups is 1. The standard InChI is InChI=1S/C14H13N5OS.C8H8BrNO2.C6H8N4S.C2H6O/c1-9-3-5-16-13(17-9)19-14-18-12(8-21-14)11-7-10(20-2)4-6-15-11;1-12-6-2-3-10-7(4-6)8(11)5-9;1-4-2-3-8-6(9-4)10-5(7)11;1-2-3/h3-8H,1-2H3,(H,16,17,18,19);2-4H,5H2,1H3;2-3H,1H3,(H3,7,8,9,10,11);3H,2H2,1H3. The molecule has 0 saturated heterocycles. The Kier molecular flexibility index (Phi) is 17.3. The van der Waals surface area contributed by atoms with Crippen LogP contribution in [0, 0.1) is 13.8 Å². The SMILES string of the molecule is CCO.COc1ccnc(-c2csc(Nc3nccc(C)n3)n2)c1.COc1ccnc(C(=O)CBr)c1.Cc1ccnc(NC(N)=S)n1. The quantitative estimate of drug-likeness (QED) is 0.0923. The summed E-state index contributed by atoms with van der Waals surface area (Å²) >= 11 is 9.15. The number of carbonyl (C=O) groups excluding carboxylic acids is 1. The van der Waals surface area contributed by atoms with Crippen molar-refractivity contribution in [1.82, 2.24) is 34.9 Å². The number of halogens is 1. The molecule has 248 valence electrons. The number of nitrogens with one attached hydrogen (secondary N) is 2. The van der Waals surface area contributed by atoms with Crippen molar-refractivity contribution in [1.29, 1.82) is 0 Å². The lowest BCUT2D eigenvalue weighted by Crippen LogP contribution is -2.20. The molecule has 0 aliphatic heterocycles. The number of methoxy groups -OCH3 is 2. The van der Waals surface area contributed by atoms with Crippen LogP contribution >= 0.6 is 39.5 Å². The first-order valence-corrected chi connectivity index (χ1v) is 16.1. The van der Waals surface area contributed by atoms with E-state index in [1.54, 1.807) is 70.2 Å². The van der Waals surface area contributed by atoms with Crippen molar-refractivity contribution in [2.45, 2.75) is 20.8 Å². The van der Waals surface area contributed by atoms with Gasteiger partial charge in [-0.2, -0.15) is 0 Å². The molecule has 0 aliphatic carbocycles. The molecule has 5 N–H and O–H groups in total. The molecular formula is C30H35BrN10O4S2. The molecule has 14 nitrogen and oxygen atoms in total. The molecule has 5 heterocycles. The van der Waals surface area contributed by atoms with Gasteiger partial charge in [-0.3, -0.25) is 14.8 Å². The van der Waals surface area contributed by atoms with Gasteiger partial charge in [0.05, 0.1) is 25.2 Å². The molecule has 0 aromatic carbocycles. The topological polar surface area (TPSA) is 196 Å². The molecule has 0 atom stereocenters. The summed E-state index contributed by atoms with van der Waals surface area (Å²) in [7, 11) is 3.18. The average molecular weight is 744 g/mol. The predicted molar refractivity (Wildman–Crippen MR) is 191 cm³/mol. The minimum absolute atomic E-state index is 0.0473. The van der Waals surface area contributed by atoms with Crippen molar-refractivity contribution in [2.75, 3.05) is 36.8 Å². The van der Waals surface area contributed by atoms with E-state index < -0.39 is 0 Å². The van der Waals surface area contributed by atoms with Crippen LogP contribution < -0.4 is 25.8 Å². The van der Waals surface area contributed by atoms with Gasteiger partial charge in [0.1, 0.15) is 22.9 Å². The first-order valence-electron chi connectivity index (χ1n) is 13.7. The van der Waals surface area contributed by atoms with Crippen LogP contribution in [0.25, 0.3) is 11.4 Å². The van der Waals surface area contributed by atoms with Crippen LogP contribution in [0.4, 0.5) is 17.0 Å². The van der Waals surface area contributed by atoms with Crippen molar-refractivity contribution in [3.05, 3.63) is 83.6 Å². The highest BCUT2D eigenvalue weighted by Crippen LogP contribution is 2.26. The highest BCUT2D eigenvalue weighted by Gasteiger charge is 2.08. The molecule has 0 saturated carbocycles. The second-order valence-electron chi connectivity index (χ2n) is 8.73. The Morgan fingerprint density at radius 3 is 2.02 bits per heavy atom. The predicted octanol–water partition coefficient (Wildman–Crippen LogP) is 5.16. The molecule has 17 heteroatoms. The number of hydrogen-bond acceptors (Lipinski definition) is 14. The first kappa shape index (κ1) is 38.5. The van der Waals surface area contributed by atoms with Crippen molar-refractivity contribution >= 4 is 67.4 Å². The van der Waals surface area contributed by atoms with Gasteiger partial charge >= 0.3 is 0 Å². The molecular weight excluding hydrogens is 708 g/mol. The fraction of sp³-hybridized carbons (Fsp3) is 0.233. The van der Waals surface area contributed by atoms with E-state index in [-0.39, 0.29) is 22.8 Å². The van der Waals surface area contributed by atoms with Crippen LogP contribution in [0.5, 0.6) is 11.5 Å². The first-order chi connectivity index (χ1) is 22.6. The number of aliphatic hydroxyl groups excluding tert-OH is 1. The number of rotatable bonds is 8. The van der Waals surface area contributed by atoms with Crippen molar-refractivity contribution in [2.24, 2.45) is 5.73 Å². The highest BCUT2D eigenvalue weighted by atomic mass is 79.9. The van der Waals surface area contributed by atoms with Crippen LogP contribution in [-0.4, -0.2) is 77.0 Å². The second-order valence-corrected chi connectivity index (χ2v) is 10.6. The van der Waals surface area contributed by atoms with E-state index in [0.29, 0.717) is 23.3 Å². The Bertz CT molecular complexity index is 1710.